The number of hydrogen-bond acceptors (Lipinski definition) is 4. The predicted octanol–water partition coefficient (Wildman–Crippen LogP) is 2.67. The van der Waals surface area contributed by atoms with Gasteiger partial charge in [0, 0.05) is 48.1 Å². The van der Waals surface area contributed by atoms with Crippen LogP contribution in [0.4, 0.5) is 11.4 Å². The van der Waals surface area contributed by atoms with E-state index in [0.717, 1.165) is 11.9 Å². The lowest BCUT2D eigenvalue weighted by Crippen LogP contribution is -2.48. The fourth-order valence-electron chi connectivity index (χ4n) is 2.95. The smallest absolute Gasteiger partial charge is 0.254 e. The molecule has 1 fully saturated rings. The highest BCUT2D eigenvalue weighted by atomic mass is 35.5. The molecule has 1 N–H and O–H groups in total. The highest BCUT2D eigenvalue weighted by Crippen LogP contribution is 2.21. The molecule has 0 aromatic heterocycles. The fraction of sp³-hybridized carbons (Fsp3) is 0.278. The molecule has 26 heavy (non-hydrogen) atoms. The van der Waals surface area contributed by atoms with Crippen LogP contribution in [0.15, 0.2) is 48.5 Å². The zero-order valence-electron chi connectivity index (χ0n) is 14.4. The topological polar surface area (TPSA) is 69.7 Å². The molecule has 1 amide bonds. The Morgan fingerprint density at radius 1 is 1.04 bits per heavy atom. The van der Waals surface area contributed by atoms with Crippen LogP contribution in [-0.2, 0) is 10.0 Å². The Hall–Kier alpha value is -2.25. The molecule has 0 unspecified atom stereocenters. The van der Waals surface area contributed by atoms with Crippen LogP contribution in [0, 0.1) is 0 Å². The molecule has 0 aliphatic carbocycles. The average molecular weight is 394 g/mol. The number of nitrogens with zero attached hydrogens (tertiary/aromatic N) is 2. The fourth-order valence-corrected chi connectivity index (χ4v) is 3.69. The van der Waals surface area contributed by atoms with Crippen LogP contribution < -0.4 is 9.62 Å². The number of rotatable bonds is 4. The highest BCUT2D eigenvalue weighted by molar-refractivity contribution is 7.92. The highest BCUT2D eigenvalue weighted by Gasteiger charge is 2.22. The van der Waals surface area contributed by atoms with Crippen LogP contribution in [0.25, 0.3) is 0 Å². The van der Waals surface area contributed by atoms with E-state index in [4.69, 9.17) is 11.6 Å². The summed E-state index contributed by atoms with van der Waals surface area (Å²) in [6.45, 7) is 2.62. The maximum atomic E-state index is 12.7. The van der Waals surface area contributed by atoms with E-state index in [1.807, 2.05) is 24.3 Å². The van der Waals surface area contributed by atoms with Gasteiger partial charge >= 0.3 is 0 Å². The number of sulfonamides is 1. The van der Waals surface area contributed by atoms with Crippen LogP contribution in [-0.4, -0.2) is 51.7 Å². The van der Waals surface area contributed by atoms with Crippen molar-refractivity contribution in [3.63, 3.8) is 0 Å². The molecule has 0 saturated carbocycles. The number of hydrogen-bond donors (Lipinski definition) is 1. The lowest BCUT2D eigenvalue weighted by atomic mass is 10.1. The quantitative estimate of drug-likeness (QED) is 0.867. The van der Waals surface area contributed by atoms with Gasteiger partial charge in [-0.25, -0.2) is 8.42 Å². The molecule has 3 rings (SSSR count). The third kappa shape index (κ3) is 4.68. The summed E-state index contributed by atoms with van der Waals surface area (Å²) in [5, 5.41) is 0.691. The number of carbonyl (C=O) groups excluding carboxylic acids is 1. The van der Waals surface area contributed by atoms with E-state index in [9.17, 15) is 13.2 Å². The van der Waals surface area contributed by atoms with E-state index in [2.05, 4.69) is 9.62 Å². The van der Waals surface area contributed by atoms with Gasteiger partial charge < -0.3 is 9.80 Å². The summed E-state index contributed by atoms with van der Waals surface area (Å²) in [4.78, 5) is 16.7. The Kier molecular flexibility index (Phi) is 5.38. The first-order valence-corrected chi connectivity index (χ1v) is 10.5. The summed E-state index contributed by atoms with van der Waals surface area (Å²) in [5.41, 5.74) is 1.90. The third-order valence-corrected chi connectivity index (χ3v) is 4.99. The molecule has 1 heterocycles. The summed E-state index contributed by atoms with van der Waals surface area (Å²) in [5.74, 6) is -0.104. The maximum absolute atomic E-state index is 12.7. The van der Waals surface area contributed by atoms with Gasteiger partial charge in [0.15, 0.2) is 0 Å². The third-order valence-electron chi connectivity index (χ3n) is 4.15. The molecule has 1 aliphatic heterocycles. The Morgan fingerprint density at radius 2 is 1.73 bits per heavy atom. The van der Waals surface area contributed by atoms with E-state index >= 15 is 0 Å². The Morgan fingerprint density at radius 3 is 2.38 bits per heavy atom. The van der Waals surface area contributed by atoms with Gasteiger partial charge in [-0.3, -0.25) is 9.52 Å². The lowest BCUT2D eigenvalue weighted by Gasteiger charge is -2.36. The van der Waals surface area contributed by atoms with E-state index in [0.29, 0.717) is 42.5 Å². The minimum Gasteiger partial charge on any atom is -0.368 e. The van der Waals surface area contributed by atoms with Gasteiger partial charge in [-0.05, 0) is 36.4 Å². The van der Waals surface area contributed by atoms with E-state index in [1.165, 1.54) is 0 Å². The molecule has 2 aromatic rings. The minimum absolute atomic E-state index is 0.104. The van der Waals surface area contributed by atoms with Gasteiger partial charge in [0.05, 0.1) is 6.26 Å². The van der Waals surface area contributed by atoms with Gasteiger partial charge in [0.1, 0.15) is 0 Å². The number of piperazine rings is 1. The van der Waals surface area contributed by atoms with Crippen molar-refractivity contribution in [3.8, 4) is 0 Å². The Bertz CT molecular complexity index is 909. The van der Waals surface area contributed by atoms with Crippen molar-refractivity contribution < 1.29 is 13.2 Å². The maximum Gasteiger partial charge on any atom is 0.254 e. The molecule has 0 spiro atoms. The first-order chi connectivity index (χ1) is 12.3. The summed E-state index contributed by atoms with van der Waals surface area (Å²) < 4.78 is 25.1. The number of halogens is 1. The minimum atomic E-state index is -3.38. The summed E-state index contributed by atoms with van der Waals surface area (Å²) in [6, 6.07) is 14.2. The van der Waals surface area contributed by atoms with E-state index in [-0.39, 0.29) is 5.91 Å². The SMILES string of the molecule is CS(=O)(=O)Nc1cccc(C(=O)N2CCN(c3cccc(Cl)c3)CC2)c1. The predicted molar refractivity (Wildman–Crippen MR) is 104 cm³/mol. The first-order valence-electron chi connectivity index (χ1n) is 8.19. The molecule has 0 atom stereocenters. The zero-order valence-corrected chi connectivity index (χ0v) is 15.9. The molecule has 6 nitrogen and oxygen atoms in total. The van der Waals surface area contributed by atoms with Gasteiger partial charge in [-0.2, -0.15) is 0 Å². The standard InChI is InChI=1S/C18H20ClN3O3S/c1-26(24,25)20-16-6-2-4-14(12-16)18(23)22-10-8-21(9-11-22)17-7-3-5-15(19)13-17/h2-7,12-13,20H,8-11H2,1H3. The van der Waals surface area contributed by atoms with Crippen LogP contribution >= 0.6 is 11.6 Å². The molecule has 0 radical (unpaired) electrons. The number of carbonyl (C=O) groups is 1. The van der Waals surface area contributed by atoms with Gasteiger partial charge in [-0.1, -0.05) is 23.7 Å². The number of benzene rings is 2. The normalized spacial score (nSPS) is 15.0. The van der Waals surface area contributed by atoms with Crippen molar-refractivity contribution in [2.45, 2.75) is 0 Å². The monoisotopic (exact) mass is 393 g/mol. The number of nitrogens with one attached hydrogen (secondary N) is 1. The van der Waals surface area contributed by atoms with Crippen LogP contribution in [0.1, 0.15) is 10.4 Å². The van der Waals surface area contributed by atoms with Gasteiger partial charge in [0.25, 0.3) is 5.91 Å². The van der Waals surface area contributed by atoms with Crippen LogP contribution in [0.3, 0.4) is 0 Å². The number of amides is 1. The van der Waals surface area contributed by atoms with Crippen molar-refractivity contribution in [1.82, 2.24) is 4.90 Å². The second-order valence-electron chi connectivity index (χ2n) is 6.21. The summed E-state index contributed by atoms with van der Waals surface area (Å²) in [6.07, 6.45) is 1.08. The molecule has 8 heteroatoms. The molecule has 1 aliphatic rings. The molecule has 2 aromatic carbocycles. The average Bonchev–Trinajstić information content (AvgIpc) is 2.60. The van der Waals surface area contributed by atoms with E-state index < -0.39 is 10.0 Å². The first kappa shape index (κ1) is 18.5. The van der Waals surface area contributed by atoms with Crippen molar-refractivity contribution >= 4 is 38.9 Å². The van der Waals surface area contributed by atoms with Crippen molar-refractivity contribution in [2.75, 3.05) is 42.1 Å². The van der Waals surface area contributed by atoms with Gasteiger partial charge in [-0.15, -0.1) is 0 Å². The second kappa shape index (κ2) is 7.55. The van der Waals surface area contributed by atoms with E-state index in [1.54, 1.807) is 29.2 Å². The largest absolute Gasteiger partial charge is 0.368 e. The van der Waals surface area contributed by atoms with Crippen molar-refractivity contribution in [1.29, 1.82) is 0 Å². The van der Waals surface area contributed by atoms with Crippen molar-refractivity contribution in [3.05, 3.63) is 59.1 Å². The summed E-state index contributed by atoms with van der Waals surface area (Å²) in [7, 11) is -3.38. The van der Waals surface area contributed by atoms with Crippen LogP contribution in [0.5, 0.6) is 0 Å². The van der Waals surface area contributed by atoms with Crippen molar-refractivity contribution in [2.24, 2.45) is 0 Å². The second-order valence-corrected chi connectivity index (χ2v) is 8.40. The lowest BCUT2D eigenvalue weighted by molar-refractivity contribution is 0.0747. The zero-order chi connectivity index (χ0) is 18.7. The summed E-state index contributed by atoms with van der Waals surface area (Å²) >= 11 is 6.04. The Labute approximate surface area is 158 Å². The van der Waals surface area contributed by atoms with Gasteiger partial charge in [0.2, 0.25) is 10.0 Å². The molecular formula is C18H20ClN3O3S. The molecule has 1 saturated heterocycles. The number of anilines is 2. The molecule has 0 bridgehead atoms. The Balaban J connectivity index is 1.66. The molecule has 138 valence electrons. The van der Waals surface area contributed by atoms with Crippen LogP contribution in [0.2, 0.25) is 5.02 Å². The molecular weight excluding hydrogens is 374 g/mol.